The number of nitrogens with zero attached hydrogens (tertiary/aromatic N) is 2. The van der Waals surface area contributed by atoms with Gasteiger partial charge in [0, 0.05) is 16.4 Å². The van der Waals surface area contributed by atoms with Crippen LogP contribution < -0.4 is 9.64 Å². The van der Waals surface area contributed by atoms with Crippen molar-refractivity contribution in [3.63, 3.8) is 0 Å². The highest BCUT2D eigenvalue weighted by Crippen LogP contribution is 2.56. The minimum Gasteiger partial charge on any atom is -0.425 e. The van der Waals surface area contributed by atoms with Gasteiger partial charge in [0.1, 0.15) is 16.8 Å². The maximum absolute atomic E-state index is 14.4. The lowest BCUT2D eigenvalue weighted by atomic mass is 9.64. The van der Waals surface area contributed by atoms with Gasteiger partial charge in [-0.15, -0.1) is 11.3 Å². The Hall–Kier alpha value is -4.54. The second-order valence-corrected chi connectivity index (χ2v) is 11.9. The van der Waals surface area contributed by atoms with E-state index < -0.39 is 35.5 Å². The number of hydrogen-bond acceptors (Lipinski definition) is 6. The molecule has 0 N–H and O–H groups in total. The van der Waals surface area contributed by atoms with Gasteiger partial charge in [-0.1, -0.05) is 66.7 Å². The number of anilines is 1. The van der Waals surface area contributed by atoms with Gasteiger partial charge in [0.15, 0.2) is 0 Å². The van der Waals surface area contributed by atoms with Gasteiger partial charge in [0.25, 0.3) is 0 Å². The highest BCUT2D eigenvalue weighted by molar-refractivity contribution is 7.17. The van der Waals surface area contributed by atoms with Crippen molar-refractivity contribution in [1.29, 1.82) is 5.26 Å². The quantitative estimate of drug-likeness (QED) is 0.182. The van der Waals surface area contributed by atoms with Gasteiger partial charge in [0.2, 0.25) is 11.8 Å². The molecule has 0 spiro atoms. The number of hydrogen-bond donors (Lipinski definition) is 0. The van der Waals surface area contributed by atoms with Crippen LogP contribution in [0.1, 0.15) is 39.5 Å². The van der Waals surface area contributed by atoms with Crippen LogP contribution in [0.25, 0.3) is 16.3 Å². The summed E-state index contributed by atoms with van der Waals surface area (Å²) in [5.41, 5.74) is 3.81. The number of allylic oxidation sites excluding steroid dienone is 1. The number of aryl methyl sites for hydroxylation is 1. The van der Waals surface area contributed by atoms with Crippen LogP contribution in [0.5, 0.6) is 5.75 Å². The number of fused-ring (bicyclic) bond motifs is 8. The molecule has 40 heavy (non-hydrogen) atoms. The van der Waals surface area contributed by atoms with Crippen molar-refractivity contribution in [3.8, 4) is 11.8 Å². The van der Waals surface area contributed by atoms with Crippen LogP contribution in [0.4, 0.5) is 5.00 Å². The first-order valence-electron chi connectivity index (χ1n) is 13.5. The summed E-state index contributed by atoms with van der Waals surface area (Å²) in [7, 11) is 0. The molecule has 0 radical (unpaired) electrons. The first-order chi connectivity index (χ1) is 19.6. The highest BCUT2D eigenvalue weighted by Gasteiger charge is 2.61. The van der Waals surface area contributed by atoms with E-state index >= 15 is 0 Å². The molecule has 1 aromatic heterocycles. The van der Waals surface area contributed by atoms with Crippen molar-refractivity contribution in [2.75, 3.05) is 4.90 Å². The fourth-order valence-electron chi connectivity index (χ4n) is 7.20. The molecule has 0 saturated carbocycles. The van der Waals surface area contributed by atoms with Crippen LogP contribution >= 0.6 is 11.3 Å². The Kier molecular flexibility index (Phi) is 4.95. The molecule has 0 unspecified atom stereocenters. The van der Waals surface area contributed by atoms with Gasteiger partial charge < -0.3 is 4.74 Å². The van der Waals surface area contributed by atoms with Crippen molar-refractivity contribution >= 4 is 50.5 Å². The second kappa shape index (κ2) is 8.48. The van der Waals surface area contributed by atoms with Crippen molar-refractivity contribution in [3.05, 3.63) is 99.9 Å². The van der Waals surface area contributed by atoms with E-state index in [0.717, 1.165) is 57.2 Å². The molecule has 6 nitrogen and oxygen atoms in total. The molecular weight excluding hydrogens is 520 g/mol. The molecule has 194 valence electrons. The predicted octanol–water partition coefficient (Wildman–Crippen LogP) is 5.78. The van der Waals surface area contributed by atoms with Crippen LogP contribution in [-0.4, -0.2) is 17.8 Å². The molecule has 4 aliphatic rings. The monoisotopic (exact) mass is 542 g/mol. The van der Waals surface area contributed by atoms with Gasteiger partial charge >= 0.3 is 5.97 Å². The van der Waals surface area contributed by atoms with Crippen molar-refractivity contribution < 1.29 is 19.1 Å². The molecule has 3 aromatic carbocycles. The van der Waals surface area contributed by atoms with Gasteiger partial charge in [-0.2, -0.15) is 5.26 Å². The number of rotatable bonds is 2. The summed E-state index contributed by atoms with van der Waals surface area (Å²) in [6.07, 6.45) is 4.60. The predicted molar refractivity (Wildman–Crippen MR) is 151 cm³/mol. The number of thiophene rings is 1. The third kappa shape index (κ3) is 3.05. The van der Waals surface area contributed by atoms with Gasteiger partial charge in [-0.05, 0) is 52.8 Å². The summed E-state index contributed by atoms with van der Waals surface area (Å²) in [5, 5.41) is 12.4. The molecule has 2 aliphatic carbocycles. The van der Waals surface area contributed by atoms with E-state index in [1.54, 1.807) is 6.07 Å². The lowest BCUT2D eigenvalue weighted by Gasteiger charge is -2.38. The Labute approximate surface area is 234 Å². The molecule has 0 bridgehead atoms. The Morgan fingerprint density at radius 1 is 0.900 bits per heavy atom. The van der Waals surface area contributed by atoms with Crippen LogP contribution in [0.3, 0.4) is 0 Å². The summed E-state index contributed by atoms with van der Waals surface area (Å²) in [6.45, 7) is 0. The standard InChI is InChI=1S/C33H22N2O4S/c34-16-23-20-11-6-12-25(20)40-32(23)35-30(36)27-21(17-7-2-1-3-8-17)15-22-26-19-10-5-4-9-18(19)13-14-24(26)39-33(38)28(22)29(27)31(35)37/h1-5,7-10,13-15,21,27-29H,6,11-12H2/t21-,27+,28-,29+/m1/s1. The van der Waals surface area contributed by atoms with Crippen LogP contribution in [0.2, 0.25) is 0 Å². The van der Waals surface area contributed by atoms with Gasteiger partial charge in [0.05, 0.1) is 23.3 Å². The lowest BCUT2D eigenvalue weighted by Crippen LogP contribution is -2.42. The average molecular weight is 543 g/mol. The van der Waals surface area contributed by atoms with E-state index in [4.69, 9.17) is 4.74 Å². The maximum atomic E-state index is 14.4. The number of amides is 2. The van der Waals surface area contributed by atoms with E-state index in [1.807, 2.05) is 66.7 Å². The summed E-state index contributed by atoms with van der Waals surface area (Å²) in [6, 6.07) is 23.6. The second-order valence-electron chi connectivity index (χ2n) is 10.8. The fourth-order valence-corrected chi connectivity index (χ4v) is 8.54. The average Bonchev–Trinajstić information content (AvgIpc) is 3.64. The molecule has 8 rings (SSSR count). The molecule has 4 atom stereocenters. The molecule has 2 amide bonds. The van der Waals surface area contributed by atoms with Crippen LogP contribution in [0.15, 0.2) is 72.8 Å². The minimum atomic E-state index is -0.930. The summed E-state index contributed by atoms with van der Waals surface area (Å²) >= 11 is 1.37. The van der Waals surface area contributed by atoms with Gasteiger partial charge in [-0.3, -0.25) is 14.4 Å². The van der Waals surface area contributed by atoms with Crippen molar-refractivity contribution in [2.24, 2.45) is 17.8 Å². The van der Waals surface area contributed by atoms with E-state index in [2.05, 4.69) is 6.07 Å². The summed E-state index contributed by atoms with van der Waals surface area (Å²) < 4.78 is 5.87. The Bertz CT molecular complexity index is 1860. The number of carbonyl (C=O) groups is 3. The van der Waals surface area contributed by atoms with E-state index in [-0.39, 0.29) is 5.91 Å². The van der Waals surface area contributed by atoms with E-state index in [1.165, 1.54) is 16.2 Å². The van der Waals surface area contributed by atoms with Crippen LogP contribution in [0, 0.1) is 29.1 Å². The Morgan fingerprint density at radius 3 is 2.50 bits per heavy atom. The SMILES string of the molecule is N#Cc1c(N2C(=O)[C@@H]3[C@@H]4C(=O)Oc5ccc6ccccc6c5C4=C[C@H](c4ccccc4)[C@@H]3C2=O)sc2c1CCC2. The first-order valence-corrected chi connectivity index (χ1v) is 14.3. The molecule has 4 aromatic rings. The van der Waals surface area contributed by atoms with Crippen LogP contribution in [-0.2, 0) is 27.2 Å². The molecule has 3 heterocycles. The Balaban J connectivity index is 1.36. The molecular formula is C33H22N2O4S. The maximum Gasteiger partial charge on any atom is 0.319 e. The van der Waals surface area contributed by atoms with E-state index in [0.29, 0.717) is 16.3 Å². The van der Waals surface area contributed by atoms with Gasteiger partial charge in [-0.25, -0.2) is 4.90 Å². The number of nitriles is 1. The van der Waals surface area contributed by atoms with Crippen molar-refractivity contribution in [1.82, 2.24) is 0 Å². The van der Waals surface area contributed by atoms with Crippen molar-refractivity contribution in [2.45, 2.75) is 25.2 Å². The third-order valence-electron chi connectivity index (χ3n) is 8.88. The number of carbonyl (C=O) groups excluding carboxylic acids is 3. The smallest absolute Gasteiger partial charge is 0.319 e. The summed E-state index contributed by atoms with van der Waals surface area (Å²) in [5.74, 6) is -3.89. The highest BCUT2D eigenvalue weighted by atomic mass is 32.1. The first kappa shape index (κ1) is 23.4. The minimum absolute atomic E-state index is 0.355. The topological polar surface area (TPSA) is 87.5 Å². The number of benzene rings is 3. The molecule has 7 heteroatoms. The molecule has 1 saturated heterocycles. The number of esters is 1. The number of imide groups is 1. The zero-order valence-corrected chi connectivity index (χ0v) is 22.1. The van der Waals surface area contributed by atoms with E-state index in [9.17, 15) is 19.6 Å². The lowest BCUT2D eigenvalue weighted by molar-refractivity contribution is -0.142. The third-order valence-corrected chi connectivity index (χ3v) is 10.2. The number of ether oxygens (including phenoxy) is 1. The summed E-state index contributed by atoms with van der Waals surface area (Å²) in [4.78, 5) is 44.6. The fraction of sp³-hybridized carbons (Fsp3) is 0.212. The molecule has 1 fully saturated rings. The normalized spacial score (nSPS) is 24.6. The zero-order chi connectivity index (χ0) is 27.1. The largest absolute Gasteiger partial charge is 0.425 e. The zero-order valence-electron chi connectivity index (χ0n) is 21.3. The Morgan fingerprint density at radius 2 is 1.68 bits per heavy atom. The molecule has 2 aliphatic heterocycles.